The van der Waals surface area contributed by atoms with Gasteiger partial charge in [0.25, 0.3) is 0 Å². The topological polar surface area (TPSA) is 46.5 Å². The molecule has 0 aromatic heterocycles. The minimum absolute atomic E-state index is 0.135. The maximum Gasteiger partial charge on any atom is 0.328 e. The highest BCUT2D eigenvalue weighted by Gasteiger charge is 2.16. The molecule has 1 N–H and O–H groups in total. The van der Waals surface area contributed by atoms with Gasteiger partial charge in [0.05, 0.1) is 12.8 Å². The number of thiol groups is 1. The van der Waals surface area contributed by atoms with Crippen LogP contribution in [0.1, 0.15) is 13.3 Å². The van der Waals surface area contributed by atoms with E-state index in [0.717, 1.165) is 6.42 Å². The molecule has 0 aromatic rings. The summed E-state index contributed by atoms with van der Waals surface area (Å²) in [4.78, 5) is 8.93. The van der Waals surface area contributed by atoms with Crippen LogP contribution in [0.5, 0.6) is 0 Å². The monoisotopic (exact) mass is 184 g/mol. The van der Waals surface area contributed by atoms with E-state index in [9.17, 15) is 4.57 Å². The second kappa shape index (κ2) is 5.19. The molecule has 0 saturated carbocycles. The minimum Gasteiger partial charge on any atom is -0.324 e. The Morgan fingerprint density at radius 2 is 2.30 bits per heavy atom. The molecule has 0 aliphatic rings. The van der Waals surface area contributed by atoms with Gasteiger partial charge in [0.1, 0.15) is 0 Å². The van der Waals surface area contributed by atoms with Crippen LogP contribution >= 0.6 is 20.2 Å². The molecule has 5 heteroatoms. The summed E-state index contributed by atoms with van der Waals surface area (Å²) in [5.41, 5.74) is 0. The lowest BCUT2D eigenvalue weighted by molar-refractivity contribution is 0.261. The highest BCUT2D eigenvalue weighted by atomic mass is 32.1. The maximum absolute atomic E-state index is 10.9. The van der Waals surface area contributed by atoms with Crippen molar-refractivity contribution in [2.45, 2.75) is 13.3 Å². The van der Waals surface area contributed by atoms with Crippen molar-refractivity contribution < 1.29 is 14.0 Å². The first-order chi connectivity index (χ1) is 4.62. The normalized spacial score (nSPS) is 16.7. The number of hydrogen-bond acceptors (Lipinski definition) is 3. The van der Waals surface area contributed by atoms with Crippen molar-refractivity contribution in [1.29, 1.82) is 0 Å². The average molecular weight is 184 g/mol. The summed E-state index contributed by atoms with van der Waals surface area (Å²) < 4.78 is 15.5. The van der Waals surface area contributed by atoms with Gasteiger partial charge in [-0.3, -0.25) is 4.57 Å². The molecule has 0 aliphatic carbocycles. The van der Waals surface area contributed by atoms with Crippen LogP contribution in [-0.4, -0.2) is 23.4 Å². The third kappa shape index (κ3) is 5.30. The van der Waals surface area contributed by atoms with Crippen molar-refractivity contribution in [1.82, 2.24) is 0 Å². The molecule has 3 nitrogen and oxygen atoms in total. The second-order valence-corrected chi connectivity index (χ2v) is 4.35. The third-order valence-electron chi connectivity index (χ3n) is 0.880. The van der Waals surface area contributed by atoms with E-state index in [-0.39, 0.29) is 6.16 Å². The quantitative estimate of drug-likeness (QED) is 0.503. The van der Waals surface area contributed by atoms with E-state index in [0.29, 0.717) is 12.4 Å². The van der Waals surface area contributed by atoms with Gasteiger partial charge in [-0.25, -0.2) is 0 Å². The zero-order chi connectivity index (χ0) is 8.04. The molecule has 0 rings (SSSR count). The van der Waals surface area contributed by atoms with Crippen molar-refractivity contribution >= 4 is 20.2 Å². The second-order valence-electron chi connectivity index (χ2n) is 1.92. The van der Waals surface area contributed by atoms with Crippen LogP contribution in [0.2, 0.25) is 0 Å². The van der Waals surface area contributed by atoms with E-state index >= 15 is 0 Å². The van der Waals surface area contributed by atoms with Gasteiger partial charge in [0.2, 0.25) is 0 Å². The van der Waals surface area contributed by atoms with Crippen molar-refractivity contribution in [2.75, 3.05) is 18.5 Å². The summed E-state index contributed by atoms with van der Waals surface area (Å²) in [6, 6.07) is 0. The number of rotatable bonds is 5. The van der Waals surface area contributed by atoms with Crippen molar-refractivity contribution in [2.24, 2.45) is 0 Å². The Bertz CT molecular complexity index is 128. The van der Waals surface area contributed by atoms with Crippen molar-refractivity contribution in [3.8, 4) is 0 Å². The molecule has 62 valence electrons. The van der Waals surface area contributed by atoms with Crippen molar-refractivity contribution in [3.63, 3.8) is 0 Å². The fourth-order valence-electron chi connectivity index (χ4n) is 0.425. The van der Waals surface area contributed by atoms with Crippen LogP contribution < -0.4 is 0 Å². The largest absolute Gasteiger partial charge is 0.328 e. The number of hydrogen-bond donors (Lipinski definition) is 2. The SMILES string of the molecule is CCCOP(=O)(O)CCS. The lowest BCUT2D eigenvalue weighted by Crippen LogP contribution is -1.96. The first kappa shape index (κ1) is 10.5. The molecule has 0 saturated heterocycles. The van der Waals surface area contributed by atoms with Gasteiger partial charge in [0.15, 0.2) is 0 Å². The molecule has 1 atom stereocenters. The van der Waals surface area contributed by atoms with Crippen LogP contribution in [-0.2, 0) is 9.09 Å². The Labute approximate surface area is 66.7 Å². The smallest absolute Gasteiger partial charge is 0.324 e. The van der Waals surface area contributed by atoms with Gasteiger partial charge in [0, 0.05) is 5.75 Å². The first-order valence-corrected chi connectivity index (χ1v) is 5.59. The van der Waals surface area contributed by atoms with Gasteiger partial charge in [-0.05, 0) is 6.42 Å². The van der Waals surface area contributed by atoms with Gasteiger partial charge in [-0.15, -0.1) is 0 Å². The third-order valence-corrected chi connectivity index (χ3v) is 2.83. The highest BCUT2D eigenvalue weighted by Crippen LogP contribution is 2.41. The Kier molecular flexibility index (Phi) is 5.45. The predicted molar refractivity (Wildman–Crippen MR) is 44.8 cm³/mol. The van der Waals surface area contributed by atoms with Crippen LogP contribution in [0.3, 0.4) is 0 Å². The van der Waals surface area contributed by atoms with E-state index < -0.39 is 7.60 Å². The lowest BCUT2D eigenvalue weighted by Gasteiger charge is -2.08. The molecule has 0 radical (unpaired) electrons. The Hall–Kier alpha value is 0.500. The summed E-state index contributed by atoms with van der Waals surface area (Å²) in [5.74, 6) is 0.386. The van der Waals surface area contributed by atoms with E-state index in [4.69, 9.17) is 4.89 Å². The summed E-state index contributed by atoms with van der Waals surface area (Å²) in [6.07, 6.45) is 0.896. The van der Waals surface area contributed by atoms with Gasteiger partial charge in [-0.2, -0.15) is 12.6 Å². The standard InChI is InChI=1S/C5H13O3PS/c1-2-3-8-9(6,7)4-5-10/h10H,2-5H2,1H3,(H,6,7). The Morgan fingerprint density at radius 1 is 1.70 bits per heavy atom. The molecule has 0 bridgehead atoms. The summed E-state index contributed by atoms with van der Waals surface area (Å²) in [6.45, 7) is 2.24. The van der Waals surface area contributed by atoms with E-state index in [1.54, 1.807) is 0 Å². The van der Waals surface area contributed by atoms with Crippen LogP contribution in [0.4, 0.5) is 0 Å². The fraction of sp³-hybridized carbons (Fsp3) is 1.00. The van der Waals surface area contributed by atoms with E-state index in [1.165, 1.54) is 0 Å². The van der Waals surface area contributed by atoms with E-state index in [1.807, 2.05) is 6.92 Å². The highest BCUT2D eigenvalue weighted by molar-refractivity contribution is 7.80. The molecular weight excluding hydrogens is 171 g/mol. The molecular formula is C5H13O3PS. The zero-order valence-electron chi connectivity index (χ0n) is 5.99. The molecule has 0 fully saturated rings. The van der Waals surface area contributed by atoms with Gasteiger partial charge >= 0.3 is 7.60 Å². The molecule has 1 unspecified atom stereocenters. The summed E-state index contributed by atoms with van der Waals surface area (Å²) in [7, 11) is -3.29. The summed E-state index contributed by atoms with van der Waals surface area (Å²) >= 11 is 3.82. The van der Waals surface area contributed by atoms with Crippen LogP contribution in [0.25, 0.3) is 0 Å². The lowest BCUT2D eigenvalue weighted by atomic mass is 10.5. The fourth-order valence-corrected chi connectivity index (χ4v) is 2.03. The molecule has 10 heavy (non-hydrogen) atoms. The van der Waals surface area contributed by atoms with Crippen molar-refractivity contribution in [3.05, 3.63) is 0 Å². The molecule has 0 heterocycles. The molecule has 0 aromatic carbocycles. The molecule has 0 aliphatic heterocycles. The minimum atomic E-state index is -3.29. The molecule has 0 spiro atoms. The Balaban J connectivity index is 3.53. The summed E-state index contributed by atoms with van der Waals surface area (Å²) in [5, 5.41) is 0. The van der Waals surface area contributed by atoms with Gasteiger partial charge in [-0.1, -0.05) is 6.92 Å². The maximum atomic E-state index is 10.9. The average Bonchev–Trinajstić information content (AvgIpc) is 1.84. The van der Waals surface area contributed by atoms with Crippen LogP contribution in [0.15, 0.2) is 0 Å². The molecule has 0 amide bonds. The Morgan fingerprint density at radius 3 is 2.70 bits per heavy atom. The van der Waals surface area contributed by atoms with Gasteiger partial charge < -0.3 is 9.42 Å². The zero-order valence-corrected chi connectivity index (χ0v) is 7.78. The first-order valence-electron chi connectivity index (χ1n) is 3.19. The predicted octanol–water partition coefficient (Wildman–Crippen LogP) is 1.53. The van der Waals surface area contributed by atoms with Crippen LogP contribution in [0, 0.1) is 0 Å². The van der Waals surface area contributed by atoms with E-state index in [2.05, 4.69) is 17.2 Å².